The fraction of sp³-hybridized carbons (Fsp3) is 0.471. The van der Waals surface area contributed by atoms with Crippen LogP contribution in [0.15, 0.2) is 23.2 Å². The molecule has 128 valence electrons. The number of methoxy groups -OCH3 is 1. The summed E-state index contributed by atoms with van der Waals surface area (Å²) in [5, 5.41) is 19.7. The third kappa shape index (κ3) is 2.90. The smallest absolute Gasteiger partial charge is 0.312 e. The third-order valence-electron chi connectivity index (χ3n) is 4.70. The molecule has 1 aliphatic rings. The number of hydrogen-bond donors (Lipinski definition) is 1. The van der Waals surface area contributed by atoms with Gasteiger partial charge < -0.3 is 9.84 Å². The Balaban J connectivity index is 2.73. The van der Waals surface area contributed by atoms with E-state index in [2.05, 4.69) is 11.1 Å². The second kappa shape index (κ2) is 6.88. The topological polar surface area (TPSA) is 82.7 Å². The molecule has 0 aliphatic carbocycles. The van der Waals surface area contributed by atoms with Gasteiger partial charge in [0.15, 0.2) is 0 Å². The Hall–Kier alpha value is -1.97. The van der Waals surface area contributed by atoms with E-state index < -0.39 is 35.1 Å². The number of benzene rings is 1. The van der Waals surface area contributed by atoms with Crippen LogP contribution in [0.4, 0.5) is 4.39 Å². The largest absolute Gasteiger partial charge is 0.481 e. The number of aliphatic imine (C=N–C) groups is 1. The Morgan fingerprint density at radius 3 is 2.75 bits per heavy atom. The van der Waals surface area contributed by atoms with Crippen molar-refractivity contribution in [1.29, 1.82) is 5.26 Å². The third-order valence-corrected chi connectivity index (χ3v) is 4.94. The number of nitrogens with zero attached hydrogens (tertiary/aromatic N) is 2. The van der Waals surface area contributed by atoms with Crippen LogP contribution in [-0.2, 0) is 9.53 Å². The number of carbonyl (C=O) groups is 1. The zero-order chi connectivity index (χ0) is 18.1. The molecule has 1 aromatic rings. The van der Waals surface area contributed by atoms with E-state index >= 15 is 0 Å². The maximum Gasteiger partial charge on any atom is 0.312 e. The SMILES string of the molecule is COCC1N=C(C)C(C#N)C(c2ccc(Cl)cc2F)C1(C)C(=O)O. The molecule has 2 rings (SSSR count). The van der Waals surface area contributed by atoms with Crippen LogP contribution in [0.2, 0.25) is 5.02 Å². The molecule has 4 unspecified atom stereocenters. The van der Waals surface area contributed by atoms with E-state index in [1.54, 1.807) is 6.92 Å². The van der Waals surface area contributed by atoms with Crippen molar-refractivity contribution >= 4 is 23.3 Å². The van der Waals surface area contributed by atoms with Gasteiger partial charge in [-0.15, -0.1) is 0 Å². The van der Waals surface area contributed by atoms with Gasteiger partial charge in [-0.05, 0) is 31.5 Å². The summed E-state index contributed by atoms with van der Waals surface area (Å²) in [7, 11) is 1.45. The van der Waals surface area contributed by atoms with Crippen molar-refractivity contribution in [2.24, 2.45) is 16.3 Å². The summed E-state index contributed by atoms with van der Waals surface area (Å²) in [4.78, 5) is 16.5. The maximum absolute atomic E-state index is 14.5. The number of carboxylic acid groups (broad SMARTS) is 1. The highest BCUT2D eigenvalue weighted by molar-refractivity contribution is 6.30. The van der Waals surface area contributed by atoms with Gasteiger partial charge in [0.1, 0.15) is 5.82 Å². The van der Waals surface area contributed by atoms with Crippen molar-refractivity contribution in [3.8, 4) is 6.07 Å². The second-order valence-electron chi connectivity index (χ2n) is 6.08. The lowest BCUT2D eigenvalue weighted by Crippen LogP contribution is -2.52. The monoisotopic (exact) mass is 352 g/mol. The molecule has 1 aromatic carbocycles. The quantitative estimate of drug-likeness (QED) is 0.901. The molecule has 0 saturated carbocycles. The van der Waals surface area contributed by atoms with Crippen LogP contribution in [0.5, 0.6) is 0 Å². The Morgan fingerprint density at radius 1 is 1.58 bits per heavy atom. The predicted molar refractivity (Wildman–Crippen MR) is 87.8 cm³/mol. The average molecular weight is 353 g/mol. The van der Waals surface area contributed by atoms with Crippen molar-refractivity contribution < 1.29 is 19.0 Å². The number of ether oxygens (including phenoxy) is 1. The van der Waals surface area contributed by atoms with Gasteiger partial charge in [0.25, 0.3) is 0 Å². The number of halogens is 2. The Bertz CT molecular complexity index is 731. The molecule has 24 heavy (non-hydrogen) atoms. The van der Waals surface area contributed by atoms with Gasteiger partial charge in [0.05, 0.1) is 30.1 Å². The van der Waals surface area contributed by atoms with Crippen molar-refractivity contribution in [2.45, 2.75) is 25.8 Å². The van der Waals surface area contributed by atoms with Crippen LogP contribution >= 0.6 is 11.6 Å². The lowest BCUT2D eigenvalue weighted by Gasteiger charge is -2.44. The number of rotatable bonds is 4. The zero-order valence-corrected chi connectivity index (χ0v) is 14.3. The fourth-order valence-electron chi connectivity index (χ4n) is 3.32. The van der Waals surface area contributed by atoms with Crippen LogP contribution in [0.25, 0.3) is 0 Å². The molecule has 7 heteroatoms. The van der Waals surface area contributed by atoms with Crippen LogP contribution in [0.1, 0.15) is 25.3 Å². The van der Waals surface area contributed by atoms with E-state index in [1.165, 1.54) is 26.2 Å². The fourth-order valence-corrected chi connectivity index (χ4v) is 3.48. The van der Waals surface area contributed by atoms with E-state index in [0.717, 1.165) is 6.07 Å². The molecule has 1 aliphatic heterocycles. The molecule has 1 N–H and O–H groups in total. The molecule has 0 bridgehead atoms. The lowest BCUT2D eigenvalue weighted by molar-refractivity contribution is -0.152. The normalized spacial score (nSPS) is 29.7. The van der Waals surface area contributed by atoms with Crippen molar-refractivity contribution in [3.63, 3.8) is 0 Å². The summed E-state index contributed by atoms with van der Waals surface area (Å²) < 4.78 is 19.6. The standard InChI is InChI=1S/C17H18ClFN2O3/c1-9-12(7-20)15(11-5-4-10(18)6-13(11)19)17(2,16(22)23)14(21-9)8-24-3/h4-6,12,14-15H,8H2,1-3H3,(H,22,23). The maximum atomic E-state index is 14.5. The summed E-state index contributed by atoms with van der Waals surface area (Å²) in [6, 6.07) is 5.41. The molecule has 0 saturated heterocycles. The number of hydrogen-bond acceptors (Lipinski definition) is 4. The predicted octanol–water partition coefficient (Wildman–Crippen LogP) is 3.28. The van der Waals surface area contributed by atoms with Gasteiger partial charge in [0.2, 0.25) is 0 Å². The highest BCUT2D eigenvalue weighted by Gasteiger charge is 2.55. The molecule has 0 amide bonds. The molecule has 0 radical (unpaired) electrons. The van der Waals surface area contributed by atoms with Gasteiger partial charge in [-0.25, -0.2) is 4.39 Å². The molecule has 1 heterocycles. The first-order valence-electron chi connectivity index (χ1n) is 7.38. The lowest BCUT2D eigenvalue weighted by atomic mass is 9.61. The van der Waals surface area contributed by atoms with Crippen molar-refractivity contribution in [2.75, 3.05) is 13.7 Å². The number of carboxylic acids is 1. The number of nitriles is 1. The van der Waals surface area contributed by atoms with Crippen LogP contribution in [0, 0.1) is 28.5 Å². The Kier molecular flexibility index (Phi) is 5.26. The van der Waals surface area contributed by atoms with Crippen molar-refractivity contribution in [3.05, 3.63) is 34.6 Å². The summed E-state index contributed by atoms with van der Waals surface area (Å²) >= 11 is 5.80. The Morgan fingerprint density at radius 2 is 2.25 bits per heavy atom. The first-order valence-corrected chi connectivity index (χ1v) is 7.76. The molecule has 0 aromatic heterocycles. The minimum Gasteiger partial charge on any atom is -0.481 e. The van der Waals surface area contributed by atoms with E-state index in [0.29, 0.717) is 5.71 Å². The second-order valence-corrected chi connectivity index (χ2v) is 6.52. The average Bonchev–Trinajstić information content (AvgIpc) is 2.51. The molecular formula is C17H18ClFN2O3. The number of aliphatic carboxylic acids is 1. The highest BCUT2D eigenvalue weighted by atomic mass is 35.5. The molecular weight excluding hydrogens is 335 g/mol. The minimum atomic E-state index is -1.50. The molecule has 5 nitrogen and oxygen atoms in total. The van der Waals surface area contributed by atoms with Gasteiger partial charge in [-0.1, -0.05) is 17.7 Å². The van der Waals surface area contributed by atoms with Gasteiger partial charge in [0, 0.05) is 23.8 Å². The van der Waals surface area contributed by atoms with Gasteiger partial charge in [-0.3, -0.25) is 9.79 Å². The van der Waals surface area contributed by atoms with E-state index in [4.69, 9.17) is 16.3 Å². The molecule has 0 spiro atoms. The molecule has 0 fully saturated rings. The van der Waals surface area contributed by atoms with Crippen LogP contribution in [-0.4, -0.2) is 36.5 Å². The minimum absolute atomic E-state index is 0.0595. The first kappa shape index (κ1) is 18.4. The van der Waals surface area contributed by atoms with Crippen LogP contribution in [0.3, 0.4) is 0 Å². The summed E-state index contributed by atoms with van der Waals surface area (Å²) in [6.07, 6.45) is 0. The highest BCUT2D eigenvalue weighted by Crippen LogP contribution is 2.49. The Labute approximate surface area is 144 Å². The molecule has 4 atom stereocenters. The van der Waals surface area contributed by atoms with Crippen molar-refractivity contribution in [1.82, 2.24) is 0 Å². The van der Waals surface area contributed by atoms with E-state index in [9.17, 15) is 19.6 Å². The van der Waals surface area contributed by atoms with E-state index in [1.807, 2.05) is 0 Å². The summed E-state index contributed by atoms with van der Waals surface area (Å²) in [5.41, 5.74) is -0.881. The zero-order valence-electron chi connectivity index (χ0n) is 13.6. The first-order chi connectivity index (χ1) is 11.3. The van der Waals surface area contributed by atoms with Gasteiger partial charge >= 0.3 is 5.97 Å². The summed E-state index contributed by atoms with van der Waals surface area (Å²) in [5.74, 6) is -3.55. The van der Waals surface area contributed by atoms with Crippen LogP contribution < -0.4 is 0 Å². The summed E-state index contributed by atoms with van der Waals surface area (Å²) in [6.45, 7) is 3.20. The van der Waals surface area contributed by atoms with E-state index in [-0.39, 0.29) is 17.2 Å². The van der Waals surface area contributed by atoms with Gasteiger partial charge in [-0.2, -0.15) is 5.26 Å².